The van der Waals surface area contributed by atoms with E-state index >= 15 is 0 Å². The third kappa shape index (κ3) is 5.80. The van der Waals surface area contributed by atoms with Crippen LogP contribution in [0.15, 0.2) is 223 Å². The summed E-state index contributed by atoms with van der Waals surface area (Å²) in [6, 6.07) is 80.6. The molecule has 2 aliphatic carbocycles. The molecule has 0 fully saturated rings. The van der Waals surface area contributed by atoms with Gasteiger partial charge in [-0.1, -0.05) is 161 Å². The van der Waals surface area contributed by atoms with Crippen LogP contribution in [-0.4, -0.2) is 4.57 Å². The molecule has 0 unspecified atom stereocenters. The van der Waals surface area contributed by atoms with Crippen molar-refractivity contribution in [1.29, 1.82) is 0 Å². The number of rotatable bonds is 6. The number of anilines is 3. The highest BCUT2D eigenvalue weighted by atomic mass is 16.3. The fraction of sp³-hybridized carbons (Fsp3) is 0.0909. The van der Waals surface area contributed by atoms with E-state index in [-0.39, 0.29) is 10.8 Å². The summed E-state index contributed by atoms with van der Waals surface area (Å²) in [5, 5.41) is 4.74. The van der Waals surface area contributed by atoms with Gasteiger partial charge in [0.2, 0.25) is 0 Å². The van der Waals surface area contributed by atoms with Gasteiger partial charge in [-0.25, -0.2) is 0 Å². The van der Waals surface area contributed by atoms with Crippen LogP contribution in [0.2, 0.25) is 0 Å². The molecule has 0 amide bonds. The zero-order valence-corrected chi connectivity index (χ0v) is 39.1. The predicted molar refractivity (Wildman–Crippen MR) is 289 cm³/mol. The maximum Gasteiger partial charge on any atom is 0.135 e. The number of benzene rings is 10. The van der Waals surface area contributed by atoms with Crippen molar-refractivity contribution in [3.8, 4) is 50.2 Å². The van der Waals surface area contributed by atoms with Crippen LogP contribution in [0.3, 0.4) is 0 Å². The molecule has 0 bridgehead atoms. The van der Waals surface area contributed by atoms with E-state index in [9.17, 15) is 0 Å². The summed E-state index contributed by atoms with van der Waals surface area (Å²) in [7, 11) is 0. The lowest BCUT2D eigenvalue weighted by molar-refractivity contribution is 0.652. The quantitative estimate of drug-likeness (QED) is 0.166. The van der Waals surface area contributed by atoms with E-state index in [2.05, 4.69) is 249 Å². The minimum Gasteiger partial charge on any atom is -0.456 e. The molecule has 0 saturated carbocycles. The highest BCUT2D eigenvalue weighted by molar-refractivity contribution is 6.10. The zero-order chi connectivity index (χ0) is 46.2. The normalized spacial score (nSPS) is 14.0. The fourth-order valence-electron chi connectivity index (χ4n) is 12.2. The van der Waals surface area contributed by atoms with Crippen molar-refractivity contribution < 1.29 is 4.42 Å². The van der Waals surface area contributed by atoms with Crippen LogP contribution in [0.4, 0.5) is 17.1 Å². The summed E-state index contributed by atoms with van der Waals surface area (Å²) < 4.78 is 8.83. The molecule has 0 radical (unpaired) electrons. The Hall–Kier alpha value is -8.40. The summed E-state index contributed by atoms with van der Waals surface area (Å²) in [4.78, 5) is 2.51. The van der Waals surface area contributed by atoms with Gasteiger partial charge in [-0.3, -0.25) is 0 Å². The van der Waals surface area contributed by atoms with Gasteiger partial charge in [0.15, 0.2) is 0 Å². The lowest BCUT2D eigenvalue weighted by Gasteiger charge is -2.33. The van der Waals surface area contributed by atoms with E-state index in [4.69, 9.17) is 4.42 Å². The Kier molecular flexibility index (Phi) is 8.38. The second kappa shape index (κ2) is 14.6. The number of hydrogen-bond acceptors (Lipinski definition) is 2. The molecule has 3 nitrogen and oxygen atoms in total. The van der Waals surface area contributed by atoms with Crippen molar-refractivity contribution in [2.45, 2.75) is 38.5 Å². The Morgan fingerprint density at radius 1 is 0.362 bits per heavy atom. The maximum atomic E-state index is 6.43. The average molecular weight is 885 g/mol. The second-order valence-corrected chi connectivity index (χ2v) is 20.1. The maximum absolute atomic E-state index is 6.43. The molecule has 0 atom stereocenters. The molecule has 328 valence electrons. The van der Waals surface area contributed by atoms with E-state index in [1.54, 1.807) is 0 Å². The Balaban J connectivity index is 1.02. The van der Waals surface area contributed by atoms with Crippen molar-refractivity contribution in [3.05, 3.63) is 241 Å². The lowest BCUT2D eigenvalue weighted by atomic mass is 9.78. The number of furan rings is 1. The highest BCUT2D eigenvalue weighted by Crippen LogP contribution is 2.59. The third-order valence-electron chi connectivity index (χ3n) is 15.6. The molecule has 3 heteroatoms. The third-order valence-corrected chi connectivity index (χ3v) is 15.6. The largest absolute Gasteiger partial charge is 0.456 e. The molecule has 2 aromatic heterocycles. The zero-order valence-electron chi connectivity index (χ0n) is 39.1. The van der Waals surface area contributed by atoms with Crippen LogP contribution in [0.5, 0.6) is 0 Å². The van der Waals surface area contributed by atoms with Crippen molar-refractivity contribution in [3.63, 3.8) is 0 Å². The molecule has 12 aromatic rings. The average Bonchev–Trinajstić information content (AvgIpc) is 4.07. The molecule has 0 aliphatic heterocycles. The van der Waals surface area contributed by atoms with Gasteiger partial charge in [0.1, 0.15) is 11.2 Å². The topological polar surface area (TPSA) is 21.3 Å². The smallest absolute Gasteiger partial charge is 0.135 e. The van der Waals surface area contributed by atoms with Gasteiger partial charge in [0.05, 0.1) is 16.7 Å². The van der Waals surface area contributed by atoms with Crippen LogP contribution >= 0.6 is 0 Å². The van der Waals surface area contributed by atoms with Crippen LogP contribution in [-0.2, 0) is 10.8 Å². The van der Waals surface area contributed by atoms with Crippen molar-refractivity contribution >= 4 is 60.8 Å². The Morgan fingerprint density at radius 3 is 1.65 bits per heavy atom. The molecule has 0 N–H and O–H groups in total. The number of fused-ring (bicyclic) bond motifs is 12. The van der Waals surface area contributed by atoms with E-state index in [1.165, 1.54) is 88.6 Å². The van der Waals surface area contributed by atoms with Crippen LogP contribution in [0, 0.1) is 0 Å². The summed E-state index contributed by atoms with van der Waals surface area (Å²) >= 11 is 0. The standard InChI is InChI=1S/C66H48N2O/c1-65(2)56-22-12-8-18-48(56)52-39-58-53(40-57(52)65)55-36-44(43-28-32-46(33-29-43)68-59-23-13-9-19-49(59)50-20-10-14-24-60(50)68)37-61(64(55)66(58,3)4)67(45-30-26-42(27-31-45)41-16-6-5-7-17-41)47-34-35-63-54(38-47)51-21-11-15-25-62(51)69-63/h5-40H,1-4H3. The minimum absolute atomic E-state index is 0.133. The first kappa shape index (κ1) is 39.7. The van der Waals surface area contributed by atoms with E-state index in [1.807, 2.05) is 6.07 Å². The molecule has 0 spiro atoms. The number of nitrogens with zero attached hydrogens (tertiary/aromatic N) is 2. The molecule has 0 saturated heterocycles. The van der Waals surface area contributed by atoms with Crippen molar-refractivity contribution in [2.75, 3.05) is 4.90 Å². The van der Waals surface area contributed by atoms with Crippen molar-refractivity contribution in [2.24, 2.45) is 0 Å². The fourth-order valence-corrected chi connectivity index (χ4v) is 12.2. The van der Waals surface area contributed by atoms with Gasteiger partial charge in [-0.15, -0.1) is 0 Å². The molecule has 10 aromatic carbocycles. The Morgan fingerprint density at radius 2 is 0.913 bits per heavy atom. The number of para-hydroxylation sites is 3. The predicted octanol–water partition coefficient (Wildman–Crippen LogP) is 18.1. The van der Waals surface area contributed by atoms with Crippen LogP contribution < -0.4 is 4.90 Å². The van der Waals surface area contributed by atoms with Crippen LogP contribution in [0.1, 0.15) is 49.9 Å². The van der Waals surface area contributed by atoms with Gasteiger partial charge in [0.25, 0.3) is 0 Å². The first-order valence-corrected chi connectivity index (χ1v) is 24.2. The lowest BCUT2D eigenvalue weighted by Crippen LogP contribution is -2.21. The van der Waals surface area contributed by atoms with Gasteiger partial charge in [-0.05, 0) is 152 Å². The highest BCUT2D eigenvalue weighted by Gasteiger charge is 2.44. The summed E-state index contributed by atoms with van der Waals surface area (Å²) in [6.45, 7) is 9.65. The molecule has 2 heterocycles. The second-order valence-electron chi connectivity index (χ2n) is 20.1. The van der Waals surface area contributed by atoms with Crippen molar-refractivity contribution in [1.82, 2.24) is 4.57 Å². The monoisotopic (exact) mass is 884 g/mol. The summed E-state index contributed by atoms with van der Waals surface area (Å²) in [6.07, 6.45) is 0. The molecule has 14 rings (SSSR count). The van der Waals surface area contributed by atoms with Gasteiger partial charge >= 0.3 is 0 Å². The number of hydrogen-bond donors (Lipinski definition) is 0. The first-order valence-electron chi connectivity index (χ1n) is 24.2. The molecular formula is C66H48N2O. The van der Waals surface area contributed by atoms with Gasteiger partial charge in [-0.2, -0.15) is 0 Å². The number of aromatic nitrogens is 1. The summed E-state index contributed by atoms with van der Waals surface area (Å²) in [5.41, 5.74) is 23.7. The van der Waals surface area contributed by atoms with E-state index < -0.39 is 0 Å². The van der Waals surface area contributed by atoms with Crippen LogP contribution in [0.25, 0.3) is 93.9 Å². The Labute approximate surface area is 402 Å². The van der Waals surface area contributed by atoms with Gasteiger partial charge < -0.3 is 13.9 Å². The SMILES string of the molecule is CC1(C)c2ccccc2-c2cc3c(cc21)-c1cc(-c2ccc(-n4c5ccccc5c5ccccc54)cc2)cc(N(c2ccc(-c4ccccc4)cc2)c2ccc4oc5ccccc5c4c2)c1C3(C)C. The minimum atomic E-state index is -0.343. The first-order chi connectivity index (χ1) is 33.7. The van der Waals surface area contributed by atoms with E-state index in [0.29, 0.717) is 0 Å². The molecular weight excluding hydrogens is 837 g/mol. The molecule has 2 aliphatic rings. The molecule has 69 heavy (non-hydrogen) atoms. The summed E-state index contributed by atoms with van der Waals surface area (Å²) in [5.74, 6) is 0. The Bertz CT molecular complexity index is 4000. The van der Waals surface area contributed by atoms with Gasteiger partial charge in [0, 0.05) is 49.4 Å². The van der Waals surface area contributed by atoms with E-state index in [0.717, 1.165) is 44.7 Å².